The zero-order valence-corrected chi connectivity index (χ0v) is 16.7. The van der Waals surface area contributed by atoms with Crippen LogP contribution in [-0.2, 0) is 4.79 Å². The Balaban J connectivity index is 2.14. The van der Waals surface area contributed by atoms with Crippen LogP contribution in [0, 0.1) is 16.0 Å². The van der Waals surface area contributed by atoms with Gasteiger partial charge in [0.05, 0.1) is 15.5 Å². The molecule has 2 amide bonds. The molecule has 1 unspecified atom stereocenters. The monoisotopic (exact) mass is 407 g/mol. The zero-order chi connectivity index (χ0) is 21.0. The van der Waals surface area contributed by atoms with Crippen LogP contribution in [0.2, 0.25) is 5.02 Å². The van der Waals surface area contributed by atoms with Gasteiger partial charge in [-0.25, -0.2) is 0 Å². The Morgan fingerprint density at radius 1 is 1.21 bits per heavy atom. The van der Waals surface area contributed by atoms with Gasteiger partial charge in [-0.2, -0.15) is 5.10 Å². The van der Waals surface area contributed by atoms with E-state index in [4.69, 9.17) is 11.6 Å². The number of nitro benzene ring substituents is 1. The number of carbonyl (C=O) groups excluding carboxylic acids is 2. The van der Waals surface area contributed by atoms with Gasteiger partial charge in [0.2, 0.25) is 5.91 Å². The summed E-state index contributed by atoms with van der Waals surface area (Å²) in [7, 11) is 0. The fourth-order valence-electron chi connectivity index (χ4n) is 2.46. The molecule has 0 aliphatic rings. The summed E-state index contributed by atoms with van der Waals surface area (Å²) in [5, 5.41) is 22.9. The Morgan fingerprint density at radius 3 is 2.39 bits per heavy atom. The standard InChI is InChI=1S/C18H22ClN5O4/c1-9(2)14-8-15(23-22-14)20-18(26)16(10(3)4)21-17(25)12-6-5-11(24(27)28)7-13(12)19/h5-10,16H,1-4H3,(H,21,25)(H2,20,22,23,26). The molecule has 3 N–H and O–H groups in total. The smallest absolute Gasteiger partial charge is 0.270 e. The van der Waals surface area contributed by atoms with E-state index in [2.05, 4.69) is 20.8 Å². The Bertz CT molecular complexity index is 894. The molecule has 1 aromatic carbocycles. The number of nitrogens with zero attached hydrogens (tertiary/aromatic N) is 2. The number of hydrogen-bond acceptors (Lipinski definition) is 5. The quantitative estimate of drug-likeness (QED) is 0.477. The molecule has 0 radical (unpaired) electrons. The summed E-state index contributed by atoms with van der Waals surface area (Å²) in [5.74, 6) is -0.656. The molecule has 9 nitrogen and oxygen atoms in total. The molecule has 10 heteroatoms. The number of aromatic nitrogens is 2. The number of non-ortho nitro benzene ring substituents is 1. The lowest BCUT2D eigenvalue weighted by Crippen LogP contribution is -2.47. The van der Waals surface area contributed by atoms with Crippen molar-refractivity contribution in [2.24, 2.45) is 5.92 Å². The van der Waals surface area contributed by atoms with Gasteiger partial charge in [-0.15, -0.1) is 0 Å². The van der Waals surface area contributed by atoms with Crippen molar-refractivity contribution >= 4 is 34.9 Å². The number of H-pyrrole nitrogens is 1. The molecule has 0 saturated carbocycles. The molecule has 1 aromatic heterocycles. The maximum atomic E-state index is 12.6. The van der Waals surface area contributed by atoms with Crippen LogP contribution in [0.5, 0.6) is 0 Å². The van der Waals surface area contributed by atoms with Gasteiger partial charge in [-0.05, 0) is 17.9 Å². The van der Waals surface area contributed by atoms with E-state index >= 15 is 0 Å². The van der Waals surface area contributed by atoms with Crippen LogP contribution >= 0.6 is 11.6 Å². The Hall–Kier alpha value is -2.94. The first-order valence-corrected chi connectivity index (χ1v) is 9.09. The Labute approximate surface area is 167 Å². The van der Waals surface area contributed by atoms with Crippen LogP contribution in [0.25, 0.3) is 0 Å². The summed E-state index contributed by atoms with van der Waals surface area (Å²) in [4.78, 5) is 35.4. The molecule has 2 aromatic rings. The first-order valence-electron chi connectivity index (χ1n) is 8.71. The highest BCUT2D eigenvalue weighted by Crippen LogP contribution is 2.23. The van der Waals surface area contributed by atoms with Crippen LogP contribution < -0.4 is 10.6 Å². The number of carbonyl (C=O) groups is 2. The zero-order valence-electron chi connectivity index (χ0n) is 15.9. The molecule has 0 spiro atoms. The molecular weight excluding hydrogens is 386 g/mol. The summed E-state index contributed by atoms with van der Waals surface area (Å²) in [5.41, 5.74) is 0.699. The minimum Gasteiger partial charge on any atom is -0.340 e. The number of aromatic amines is 1. The lowest BCUT2D eigenvalue weighted by Gasteiger charge is -2.21. The summed E-state index contributed by atoms with van der Waals surface area (Å²) in [6.07, 6.45) is 0. The van der Waals surface area contributed by atoms with E-state index in [1.807, 2.05) is 13.8 Å². The van der Waals surface area contributed by atoms with Gasteiger partial charge in [-0.1, -0.05) is 39.3 Å². The summed E-state index contributed by atoms with van der Waals surface area (Å²) in [6, 6.07) is 4.42. The van der Waals surface area contributed by atoms with Crippen LogP contribution in [0.1, 0.15) is 49.7 Å². The van der Waals surface area contributed by atoms with E-state index in [9.17, 15) is 19.7 Å². The second-order valence-electron chi connectivity index (χ2n) is 6.97. The molecule has 28 heavy (non-hydrogen) atoms. The average molecular weight is 408 g/mol. The second-order valence-corrected chi connectivity index (χ2v) is 7.38. The number of halogens is 1. The van der Waals surface area contributed by atoms with Crippen molar-refractivity contribution in [2.75, 3.05) is 5.32 Å². The predicted molar refractivity (Wildman–Crippen MR) is 106 cm³/mol. The number of anilines is 1. The van der Waals surface area contributed by atoms with Gasteiger partial charge >= 0.3 is 0 Å². The Kier molecular flexibility index (Phi) is 6.74. The van der Waals surface area contributed by atoms with E-state index in [1.54, 1.807) is 19.9 Å². The highest BCUT2D eigenvalue weighted by molar-refractivity contribution is 6.34. The van der Waals surface area contributed by atoms with E-state index in [0.29, 0.717) is 5.82 Å². The third kappa shape index (κ3) is 5.07. The summed E-state index contributed by atoms with van der Waals surface area (Å²) in [6.45, 7) is 7.55. The minimum absolute atomic E-state index is 0.0487. The van der Waals surface area contributed by atoms with Gasteiger partial charge < -0.3 is 10.6 Å². The van der Waals surface area contributed by atoms with Gasteiger partial charge in [0.15, 0.2) is 5.82 Å². The van der Waals surface area contributed by atoms with Gasteiger partial charge in [0, 0.05) is 23.9 Å². The van der Waals surface area contributed by atoms with E-state index in [0.717, 1.165) is 11.8 Å². The SMILES string of the molecule is CC(C)c1cc(NC(=O)C(NC(=O)c2ccc([N+](=O)[O-])cc2Cl)C(C)C)n[nH]1. The summed E-state index contributed by atoms with van der Waals surface area (Å²) < 4.78 is 0. The van der Waals surface area contributed by atoms with Crippen LogP contribution in [0.15, 0.2) is 24.3 Å². The second kappa shape index (κ2) is 8.83. The normalized spacial score (nSPS) is 12.1. The fraction of sp³-hybridized carbons (Fsp3) is 0.389. The fourth-order valence-corrected chi connectivity index (χ4v) is 2.72. The molecule has 0 fully saturated rings. The minimum atomic E-state index is -0.849. The van der Waals surface area contributed by atoms with E-state index in [1.165, 1.54) is 12.1 Å². The number of amides is 2. The lowest BCUT2D eigenvalue weighted by molar-refractivity contribution is -0.384. The third-order valence-corrected chi connectivity index (χ3v) is 4.43. The van der Waals surface area contributed by atoms with Gasteiger partial charge in [0.1, 0.15) is 6.04 Å². The molecule has 0 saturated heterocycles. The highest BCUT2D eigenvalue weighted by Gasteiger charge is 2.26. The first kappa shape index (κ1) is 21.4. The van der Waals surface area contributed by atoms with Crippen molar-refractivity contribution in [3.8, 4) is 0 Å². The highest BCUT2D eigenvalue weighted by atomic mass is 35.5. The first-order chi connectivity index (χ1) is 13.1. The summed E-state index contributed by atoms with van der Waals surface area (Å²) >= 11 is 5.99. The largest absolute Gasteiger partial charge is 0.340 e. The number of benzene rings is 1. The molecule has 1 atom stereocenters. The number of rotatable bonds is 7. The number of hydrogen-bond donors (Lipinski definition) is 3. The van der Waals surface area contributed by atoms with Crippen molar-refractivity contribution in [3.63, 3.8) is 0 Å². The van der Waals surface area contributed by atoms with Gasteiger partial charge in [-0.3, -0.25) is 24.8 Å². The third-order valence-electron chi connectivity index (χ3n) is 4.11. The van der Waals surface area contributed by atoms with Crippen LogP contribution in [0.4, 0.5) is 11.5 Å². The van der Waals surface area contributed by atoms with Crippen molar-refractivity contribution < 1.29 is 14.5 Å². The van der Waals surface area contributed by atoms with Crippen LogP contribution in [0.3, 0.4) is 0 Å². The van der Waals surface area contributed by atoms with Crippen LogP contribution in [-0.4, -0.2) is 33.0 Å². The molecular formula is C18H22ClN5O4. The molecule has 150 valence electrons. The molecule has 2 rings (SSSR count). The number of nitro groups is 1. The lowest BCUT2D eigenvalue weighted by atomic mass is 10.0. The van der Waals surface area contributed by atoms with Crippen molar-refractivity contribution in [1.29, 1.82) is 0 Å². The molecule has 0 aliphatic heterocycles. The average Bonchev–Trinajstić information content (AvgIpc) is 3.07. The molecule has 0 bridgehead atoms. The Morgan fingerprint density at radius 2 is 1.89 bits per heavy atom. The van der Waals surface area contributed by atoms with Gasteiger partial charge in [0.25, 0.3) is 11.6 Å². The van der Waals surface area contributed by atoms with Crippen molar-refractivity contribution in [1.82, 2.24) is 15.5 Å². The van der Waals surface area contributed by atoms with Crippen molar-refractivity contribution in [2.45, 2.75) is 39.7 Å². The maximum Gasteiger partial charge on any atom is 0.270 e. The predicted octanol–water partition coefficient (Wildman–Crippen LogP) is 3.49. The topological polar surface area (TPSA) is 130 Å². The molecule has 1 heterocycles. The number of nitrogens with one attached hydrogen (secondary N) is 3. The van der Waals surface area contributed by atoms with E-state index in [-0.39, 0.29) is 28.1 Å². The van der Waals surface area contributed by atoms with Crippen molar-refractivity contribution in [3.05, 3.63) is 50.7 Å². The molecule has 0 aliphatic carbocycles. The van der Waals surface area contributed by atoms with E-state index < -0.39 is 22.8 Å². The maximum absolute atomic E-state index is 12.6.